The van der Waals surface area contributed by atoms with E-state index in [1.165, 1.54) is 12.1 Å². The smallest absolute Gasteiger partial charge is 0.178 e. The van der Waals surface area contributed by atoms with Gasteiger partial charge in [-0.1, -0.05) is 60.7 Å². The Morgan fingerprint density at radius 3 is 1.78 bits per heavy atom. The number of anilines is 6. The number of aromatic nitrogens is 1. The molecule has 0 unspecified atom stereocenters. The average molecular weight is 652 g/mol. The van der Waals surface area contributed by atoms with Crippen molar-refractivity contribution in [2.75, 3.05) is 9.80 Å². The summed E-state index contributed by atoms with van der Waals surface area (Å²) >= 11 is 0. The van der Waals surface area contributed by atoms with Crippen LogP contribution in [0.5, 0.6) is 23.0 Å². The van der Waals surface area contributed by atoms with Gasteiger partial charge in [-0.15, -0.1) is 0 Å². The van der Waals surface area contributed by atoms with E-state index >= 15 is 0 Å². The van der Waals surface area contributed by atoms with Crippen molar-refractivity contribution in [1.29, 1.82) is 0 Å². The standard InChI is InChI=1S/C44H30FN3O2/c45-31-19-21-33(22-20-31)46(35-27-29-38(30-28-35)49-37-13-5-2-6-14-37)34-23-25-36(26-24-34)48-41-17-9-10-18-42(41)50-43-39-15-7-8-16-40(39)47(44(43)48)32-11-3-1-4-12-32/h1-30H. The molecule has 7 aromatic carbocycles. The van der Waals surface area contributed by atoms with Gasteiger partial charge in [-0.05, 0) is 121 Å². The molecule has 0 N–H and O–H groups in total. The van der Waals surface area contributed by atoms with Gasteiger partial charge in [0.2, 0.25) is 0 Å². The summed E-state index contributed by atoms with van der Waals surface area (Å²) in [4.78, 5) is 4.37. The SMILES string of the molecule is Fc1ccc(N(c2ccc(Oc3ccccc3)cc2)c2ccc(N3c4ccccc4Oc4c3n(-c3ccccc3)c3ccccc43)cc2)cc1. The molecule has 8 aromatic rings. The molecule has 0 fully saturated rings. The summed E-state index contributed by atoms with van der Waals surface area (Å²) in [6.45, 7) is 0. The first kappa shape index (κ1) is 29.4. The maximum Gasteiger partial charge on any atom is 0.178 e. The monoisotopic (exact) mass is 651 g/mol. The molecule has 0 saturated heterocycles. The number of para-hydroxylation sites is 5. The molecule has 0 atom stereocenters. The van der Waals surface area contributed by atoms with Gasteiger partial charge in [0.15, 0.2) is 17.3 Å². The predicted molar refractivity (Wildman–Crippen MR) is 199 cm³/mol. The Balaban J connectivity index is 1.15. The first-order chi connectivity index (χ1) is 24.7. The summed E-state index contributed by atoms with van der Waals surface area (Å²) in [7, 11) is 0. The molecule has 240 valence electrons. The zero-order valence-electron chi connectivity index (χ0n) is 26.9. The molecule has 5 nitrogen and oxygen atoms in total. The van der Waals surface area contributed by atoms with E-state index in [-0.39, 0.29) is 5.82 Å². The number of hydrogen-bond acceptors (Lipinski definition) is 4. The molecule has 2 heterocycles. The topological polar surface area (TPSA) is 29.9 Å². The number of nitrogens with zero attached hydrogens (tertiary/aromatic N) is 3. The van der Waals surface area contributed by atoms with Gasteiger partial charge in [0.05, 0.1) is 11.2 Å². The van der Waals surface area contributed by atoms with E-state index in [2.05, 4.69) is 87.2 Å². The van der Waals surface area contributed by atoms with Crippen LogP contribution in [0, 0.1) is 5.82 Å². The molecule has 1 aliphatic heterocycles. The van der Waals surface area contributed by atoms with Crippen LogP contribution >= 0.6 is 0 Å². The highest BCUT2D eigenvalue weighted by Crippen LogP contribution is 2.55. The van der Waals surface area contributed by atoms with Crippen LogP contribution in [0.2, 0.25) is 0 Å². The van der Waals surface area contributed by atoms with Crippen LogP contribution < -0.4 is 19.3 Å². The molecular weight excluding hydrogens is 622 g/mol. The van der Waals surface area contributed by atoms with Gasteiger partial charge in [0, 0.05) is 33.8 Å². The highest BCUT2D eigenvalue weighted by molar-refractivity contribution is 6.01. The minimum absolute atomic E-state index is 0.286. The Morgan fingerprint density at radius 2 is 1.06 bits per heavy atom. The predicted octanol–water partition coefficient (Wildman–Crippen LogP) is 12.6. The molecule has 0 amide bonds. The van der Waals surface area contributed by atoms with E-state index in [1.54, 1.807) is 12.1 Å². The quantitative estimate of drug-likeness (QED) is 0.172. The van der Waals surface area contributed by atoms with Gasteiger partial charge in [-0.3, -0.25) is 9.47 Å². The largest absolute Gasteiger partial charge is 0.457 e. The van der Waals surface area contributed by atoms with Gasteiger partial charge in [0.1, 0.15) is 17.3 Å². The molecule has 0 spiro atoms. The highest BCUT2D eigenvalue weighted by atomic mass is 19.1. The summed E-state index contributed by atoms with van der Waals surface area (Å²) < 4.78 is 29.1. The molecule has 6 heteroatoms. The van der Waals surface area contributed by atoms with Crippen molar-refractivity contribution in [3.63, 3.8) is 0 Å². The fraction of sp³-hybridized carbons (Fsp3) is 0. The van der Waals surface area contributed by atoms with E-state index in [0.717, 1.165) is 73.8 Å². The Morgan fingerprint density at radius 1 is 0.500 bits per heavy atom. The van der Waals surface area contributed by atoms with Crippen molar-refractivity contribution >= 4 is 45.2 Å². The normalized spacial score (nSPS) is 11.8. The van der Waals surface area contributed by atoms with Crippen LogP contribution in [-0.2, 0) is 0 Å². The number of rotatable bonds is 7. The van der Waals surface area contributed by atoms with E-state index in [1.807, 2.05) is 84.9 Å². The number of ether oxygens (including phenoxy) is 2. The Bertz CT molecular complexity index is 2430. The van der Waals surface area contributed by atoms with Crippen LogP contribution in [0.1, 0.15) is 0 Å². The molecule has 0 radical (unpaired) electrons. The first-order valence-electron chi connectivity index (χ1n) is 16.5. The number of fused-ring (bicyclic) bond motifs is 4. The Kier molecular flexibility index (Phi) is 7.25. The molecular formula is C44H30FN3O2. The minimum atomic E-state index is -0.286. The van der Waals surface area contributed by atoms with Crippen LogP contribution in [0.3, 0.4) is 0 Å². The van der Waals surface area contributed by atoms with Gasteiger partial charge >= 0.3 is 0 Å². The van der Waals surface area contributed by atoms with Gasteiger partial charge in [0.25, 0.3) is 0 Å². The van der Waals surface area contributed by atoms with E-state index in [0.29, 0.717) is 0 Å². The fourth-order valence-electron chi connectivity index (χ4n) is 6.63. The molecule has 0 bridgehead atoms. The molecule has 9 rings (SSSR count). The summed E-state index contributed by atoms with van der Waals surface area (Å²) in [5.41, 5.74) is 6.67. The van der Waals surface area contributed by atoms with Crippen LogP contribution in [0.25, 0.3) is 16.6 Å². The lowest BCUT2D eigenvalue weighted by Crippen LogP contribution is -2.18. The fourth-order valence-corrected chi connectivity index (χ4v) is 6.63. The second-order valence-electron chi connectivity index (χ2n) is 12.0. The van der Waals surface area contributed by atoms with Gasteiger partial charge < -0.3 is 14.4 Å². The van der Waals surface area contributed by atoms with Crippen molar-refractivity contribution in [2.45, 2.75) is 0 Å². The molecule has 0 aliphatic carbocycles. The Hall–Kier alpha value is -6.79. The zero-order chi connectivity index (χ0) is 33.4. The van der Waals surface area contributed by atoms with Crippen LogP contribution in [0.15, 0.2) is 182 Å². The van der Waals surface area contributed by atoms with Crippen molar-refractivity contribution < 1.29 is 13.9 Å². The molecule has 1 aromatic heterocycles. The van der Waals surface area contributed by atoms with Crippen molar-refractivity contribution in [2.24, 2.45) is 0 Å². The summed E-state index contributed by atoms with van der Waals surface area (Å²) in [5, 5.41) is 1.03. The third kappa shape index (κ3) is 5.20. The maximum atomic E-state index is 14.1. The number of halogens is 1. The average Bonchev–Trinajstić information content (AvgIpc) is 3.50. The lowest BCUT2D eigenvalue weighted by molar-refractivity contribution is 0.481. The van der Waals surface area contributed by atoms with Gasteiger partial charge in [-0.2, -0.15) is 0 Å². The van der Waals surface area contributed by atoms with E-state index in [4.69, 9.17) is 9.47 Å². The van der Waals surface area contributed by atoms with Crippen molar-refractivity contribution in [3.05, 3.63) is 188 Å². The van der Waals surface area contributed by atoms with Crippen molar-refractivity contribution in [3.8, 4) is 28.7 Å². The molecule has 1 aliphatic rings. The number of hydrogen-bond donors (Lipinski definition) is 0. The second-order valence-corrected chi connectivity index (χ2v) is 12.0. The highest BCUT2D eigenvalue weighted by Gasteiger charge is 2.33. The third-order valence-electron chi connectivity index (χ3n) is 8.87. The lowest BCUT2D eigenvalue weighted by atomic mass is 10.1. The first-order valence-corrected chi connectivity index (χ1v) is 16.5. The maximum absolute atomic E-state index is 14.1. The second kappa shape index (κ2) is 12.3. The van der Waals surface area contributed by atoms with Gasteiger partial charge in [-0.25, -0.2) is 4.39 Å². The summed E-state index contributed by atoms with van der Waals surface area (Å²) in [6, 6.07) is 59.5. The third-order valence-corrected chi connectivity index (χ3v) is 8.87. The summed E-state index contributed by atoms with van der Waals surface area (Å²) in [6.07, 6.45) is 0. The molecule has 50 heavy (non-hydrogen) atoms. The number of benzene rings is 7. The van der Waals surface area contributed by atoms with Crippen LogP contribution in [-0.4, -0.2) is 4.57 Å². The Labute approximate surface area is 289 Å². The van der Waals surface area contributed by atoms with Crippen molar-refractivity contribution in [1.82, 2.24) is 4.57 Å². The summed E-state index contributed by atoms with van der Waals surface area (Å²) in [5.74, 6) is 3.72. The van der Waals surface area contributed by atoms with E-state index in [9.17, 15) is 4.39 Å². The minimum Gasteiger partial charge on any atom is -0.457 e. The van der Waals surface area contributed by atoms with Crippen LogP contribution in [0.4, 0.5) is 38.6 Å². The van der Waals surface area contributed by atoms with E-state index < -0.39 is 0 Å². The lowest BCUT2D eigenvalue weighted by Gasteiger charge is -2.33. The molecule has 0 saturated carbocycles. The zero-order valence-corrected chi connectivity index (χ0v) is 26.9.